The number of pyridine rings is 1. The monoisotopic (exact) mass is 249 g/mol. The summed E-state index contributed by atoms with van der Waals surface area (Å²) >= 11 is 0. The molecule has 0 aromatic carbocycles. The van der Waals surface area contributed by atoms with Crippen molar-refractivity contribution in [2.45, 2.75) is 31.8 Å². The minimum Gasteiger partial charge on any atom is -0.477 e. The number of hydrogen-bond donors (Lipinski definition) is 2. The van der Waals surface area contributed by atoms with Crippen molar-refractivity contribution in [3.63, 3.8) is 0 Å². The fourth-order valence-electron chi connectivity index (χ4n) is 1.89. The van der Waals surface area contributed by atoms with Crippen LogP contribution in [0.4, 0.5) is 5.82 Å². The van der Waals surface area contributed by atoms with Crippen LogP contribution in [0.2, 0.25) is 0 Å². The molecule has 1 unspecified atom stereocenters. The third-order valence-electron chi connectivity index (χ3n) is 3.36. The molecule has 0 saturated heterocycles. The topological polar surface area (TPSA) is 65.5 Å². The van der Waals surface area contributed by atoms with Crippen molar-refractivity contribution in [2.75, 3.05) is 18.9 Å². The smallest absolute Gasteiger partial charge is 0.354 e. The molecule has 0 radical (unpaired) electrons. The molecule has 1 saturated carbocycles. The van der Waals surface area contributed by atoms with E-state index in [9.17, 15) is 4.79 Å². The van der Waals surface area contributed by atoms with Gasteiger partial charge < -0.3 is 10.4 Å². The highest BCUT2D eigenvalue weighted by atomic mass is 16.4. The van der Waals surface area contributed by atoms with Gasteiger partial charge in [-0.05, 0) is 38.9 Å². The SMILES string of the molecule is CC(CNc1cccc(C(=O)O)n1)N(C)C1CC1. The van der Waals surface area contributed by atoms with Crippen LogP contribution in [0.3, 0.4) is 0 Å². The summed E-state index contributed by atoms with van der Waals surface area (Å²) in [7, 11) is 2.13. The number of nitrogens with one attached hydrogen (secondary N) is 1. The number of nitrogens with zero attached hydrogens (tertiary/aromatic N) is 2. The first-order valence-corrected chi connectivity index (χ1v) is 6.24. The Bertz CT molecular complexity index is 432. The van der Waals surface area contributed by atoms with Crippen LogP contribution in [0, 0.1) is 0 Å². The Labute approximate surface area is 107 Å². The average molecular weight is 249 g/mol. The molecule has 1 aromatic heterocycles. The Hall–Kier alpha value is -1.62. The summed E-state index contributed by atoms with van der Waals surface area (Å²) < 4.78 is 0. The second-order valence-corrected chi connectivity index (χ2v) is 4.84. The number of hydrogen-bond acceptors (Lipinski definition) is 4. The Morgan fingerprint density at radius 1 is 1.61 bits per heavy atom. The molecule has 98 valence electrons. The number of aromatic carboxylic acids is 1. The first-order chi connectivity index (χ1) is 8.58. The fourth-order valence-corrected chi connectivity index (χ4v) is 1.89. The maximum atomic E-state index is 10.8. The van der Waals surface area contributed by atoms with Crippen LogP contribution < -0.4 is 5.32 Å². The number of carboxylic acids is 1. The molecule has 1 aromatic rings. The molecule has 0 aliphatic heterocycles. The third kappa shape index (κ3) is 3.20. The van der Waals surface area contributed by atoms with Crippen LogP contribution in [0.15, 0.2) is 18.2 Å². The fraction of sp³-hybridized carbons (Fsp3) is 0.538. The third-order valence-corrected chi connectivity index (χ3v) is 3.36. The van der Waals surface area contributed by atoms with Gasteiger partial charge in [0, 0.05) is 18.6 Å². The largest absolute Gasteiger partial charge is 0.477 e. The van der Waals surface area contributed by atoms with E-state index in [1.165, 1.54) is 18.9 Å². The lowest BCUT2D eigenvalue weighted by Crippen LogP contribution is -2.36. The van der Waals surface area contributed by atoms with Gasteiger partial charge in [-0.15, -0.1) is 0 Å². The van der Waals surface area contributed by atoms with Crippen molar-refractivity contribution in [3.8, 4) is 0 Å². The molecule has 1 aliphatic rings. The molecule has 1 fully saturated rings. The molecule has 1 heterocycles. The van der Waals surface area contributed by atoms with E-state index in [1.54, 1.807) is 12.1 Å². The molecule has 2 rings (SSSR count). The number of rotatable bonds is 6. The van der Waals surface area contributed by atoms with Crippen molar-refractivity contribution >= 4 is 11.8 Å². The Morgan fingerprint density at radius 2 is 2.33 bits per heavy atom. The molecule has 0 spiro atoms. The summed E-state index contributed by atoms with van der Waals surface area (Å²) in [6, 6.07) is 6.12. The van der Waals surface area contributed by atoms with Gasteiger partial charge in [0.1, 0.15) is 5.82 Å². The summed E-state index contributed by atoms with van der Waals surface area (Å²) in [6.45, 7) is 2.93. The summed E-state index contributed by atoms with van der Waals surface area (Å²) in [5.74, 6) is -0.382. The van der Waals surface area contributed by atoms with Crippen LogP contribution >= 0.6 is 0 Å². The molecule has 0 bridgehead atoms. The van der Waals surface area contributed by atoms with E-state index in [0.29, 0.717) is 11.9 Å². The first kappa shape index (κ1) is 12.8. The van der Waals surface area contributed by atoms with E-state index in [1.807, 2.05) is 0 Å². The Morgan fingerprint density at radius 3 is 2.94 bits per heavy atom. The second kappa shape index (κ2) is 5.35. The summed E-state index contributed by atoms with van der Waals surface area (Å²) in [5, 5.41) is 12.0. The van der Waals surface area contributed by atoms with E-state index < -0.39 is 5.97 Å². The molecular weight excluding hydrogens is 230 g/mol. The van der Waals surface area contributed by atoms with E-state index in [0.717, 1.165) is 12.6 Å². The molecule has 2 N–H and O–H groups in total. The van der Waals surface area contributed by atoms with E-state index >= 15 is 0 Å². The van der Waals surface area contributed by atoms with Crippen LogP contribution in [-0.2, 0) is 0 Å². The summed E-state index contributed by atoms with van der Waals surface area (Å²) in [6.07, 6.45) is 2.57. The van der Waals surface area contributed by atoms with Crippen molar-refractivity contribution < 1.29 is 9.90 Å². The zero-order valence-electron chi connectivity index (χ0n) is 10.8. The van der Waals surface area contributed by atoms with Crippen LogP contribution in [0.5, 0.6) is 0 Å². The zero-order valence-corrected chi connectivity index (χ0v) is 10.8. The number of carboxylic acid groups (broad SMARTS) is 1. The van der Waals surface area contributed by atoms with Gasteiger partial charge in [-0.1, -0.05) is 6.07 Å². The normalized spacial score (nSPS) is 16.6. The quantitative estimate of drug-likeness (QED) is 0.803. The number of aromatic nitrogens is 1. The lowest BCUT2D eigenvalue weighted by molar-refractivity contribution is 0.0690. The maximum absolute atomic E-state index is 10.8. The van der Waals surface area contributed by atoms with Crippen molar-refractivity contribution in [1.29, 1.82) is 0 Å². The average Bonchev–Trinajstić information content (AvgIpc) is 3.19. The molecule has 5 heteroatoms. The van der Waals surface area contributed by atoms with Crippen LogP contribution in [0.25, 0.3) is 0 Å². The van der Waals surface area contributed by atoms with Gasteiger partial charge >= 0.3 is 5.97 Å². The van der Waals surface area contributed by atoms with Gasteiger partial charge in [-0.3, -0.25) is 4.90 Å². The molecular formula is C13H19N3O2. The summed E-state index contributed by atoms with van der Waals surface area (Å²) in [4.78, 5) is 17.2. The maximum Gasteiger partial charge on any atom is 0.354 e. The van der Waals surface area contributed by atoms with Gasteiger partial charge in [0.05, 0.1) is 0 Å². The number of likely N-dealkylation sites (N-methyl/N-ethyl adjacent to an activating group) is 1. The number of anilines is 1. The van der Waals surface area contributed by atoms with Gasteiger partial charge in [0.15, 0.2) is 5.69 Å². The van der Waals surface area contributed by atoms with Crippen molar-refractivity contribution in [3.05, 3.63) is 23.9 Å². The molecule has 5 nitrogen and oxygen atoms in total. The molecule has 18 heavy (non-hydrogen) atoms. The van der Waals surface area contributed by atoms with E-state index in [2.05, 4.69) is 29.2 Å². The minimum atomic E-state index is -0.998. The van der Waals surface area contributed by atoms with Crippen LogP contribution in [0.1, 0.15) is 30.3 Å². The zero-order chi connectivity index (χ0) is 13.1. The first-order valence-electron chi connectivity index (χ1n) is 6.24. The van der Waals surface area contributed by atoms with Gasteiger partial charge in [-0.2, -0.15) is 0 Å². The Balaban J connectivity index is 1.89. The van der Waals surface area contributed by atoms with Gasteiger partial charge in [0.25, 0.3) is 0 Å². The second-order valence-electron chi connectivity index (χ2n) is 4.84. The van der Waals surface area contributed by atoms with E-state index in [-0.39, 0.29) is 5.69 Å². The lowest BCUT2D eigenvalue weighted by Gasteiger charge is -2.24. The number of carbonyl (C=O) groups is 1. The summed E-state index contributed by atoms with van der Waals surface area (Å²) in [5.41, 5.74) is 0.0724. The molecule has 1 aliphatic carbocycles. The highest BCUT2D eigenvalue weighted by molar-refractivity contribution is 5.85. The van der Waals surface area contributed by atoms with Crippen LogP contribution in [-0.4, -0.2) is 46.6 Å². The molecule has 1 atom stereocenters. The van der Waals surface area contributed by atoms with Gasteiger partial charge in [-0.25, -0.2) is 9.78 Å². The minimum absolute atomic E-state index is 0.0724. The highest BCUT2D eigenvalue weighted by Crippen LogP contribution is 2.26. The Kier molecular flexibility index (Phi) is 3.81. The predicted molar refractivity (Wildman–Crippen MR) is 69.9 cm³/mol. The highest BCUT2D eigenvalue weighted by Gasteiger charge is 2.28. The standard InChI is InChI=1S/C13H19N3O2/c1-9(16(2)10-6-7-10)8-14-12-5-3-4-11(15-12)13(17)18/h3-5,9-10H,6-8H2,1-2H3,(H,14,15)(H,17,18). The molecule has 0 amide bonds. The van der Waals surface area contributed by atoms with Crippen molar-refractivity contribution in [1.82, 2.24) is 9.88 Å². The lowest BCUT2D eigenvalue weighted by atomic mass is 10.3. The van der Waals surface area contributed by atoms with Gasteiger partial charge in [0.2, 0.25) is 0 Å². The van der Waals surface area contributed by atoms with E-state index in [4.69, 9.17) is 5.11 Å². The predicted octanol–water partition coefficient (Wildman–Crippen LogP) is 1.67. The van der Waals surface area contributed by atoms with Crippen molar-refractivity contribution in [2.24, 2.45) is 0 Å².